The normalized spacial score (nSPS) is 22.4. The van der Waals surface area contributed by atoms with Crippen LogP contribution in [0.2, 0.25) is 0 Å². The number of benzene rings is 1. The lowest BCUT2D eigenvalue weighted by atomic mass is 9.98. The number of nitrogens with zero attached hydrogens (tertiary/aromatic N) is 2. The summed E-state index contributed by atoms with van der Waals surface area (Å²) >= 11 is 0. The van der Waals surface area contributed by atoms with Crippen LogP contribution in [-0.2, 0) is 0 Å². The van der Waals surface area contributed by atoms with Gasteiger partial charge in [0.25, 0.3) is 0 Å². The number of hydrogen-bond donors (Lipinski definition) is 0. The predicted molar refractivity (Wildman–Crippen MR) is 69.1 cm³/mol. The first-order valence-corrected chi connectivity index (χ1v) is 6.34. The van der Waals surface area contributed by atoms with Crippen LogP contribution in [0.1, 0.15) is 24.3 Å². The molecule has 19 heavy (non-hydrogen) atoms. The van der Waals surface area contributed by atoms with Gasteiger partial charge in [-0.3, -0.25) is 0 Å². The minimum Gasteiger partial charge on any atom is -0.473 e. The van der Waals surface area contributed by atoms with Crippen molar-refractivity contribution in [3.8, 4) is 5.88 Å². The quantitative estimate of drug-likeness (QED) is 0.847. The zero-order valence-corrected chi connectivity index (χ0v) is 10.4. The van der Waals surface area contributed by atoms with E-state index in [1.54, 1.807) is 18.3 Å². The third-order valence-electron chi connectivity index (χ3n) is 3.36. The average Bonchev–Trinajstić information content (AvgIpc) is 2.89. The number of halogens is 1. The molecule has 1 aromatic carbocycles. The second kappa shape index (κ2) is 5.34. The van der Waals surface area contributed by atoms with Gasteiger partial charge in [0, 0.05) is 18.7 Å². The average molecular weight is 257 g/mol. The van der Waals surface area contributed by atoms with Gasteiger partial charge in [-0.2, -0.15) is 5.10 Å². The highest BCUT2D eigenvalue weighted by atomic mass is 19.1. The molecular formula is C15H14FN2O. The van der Waals surface area contributed by atoms with Crippen LogP contribution in [0.5, 0.6) is 5.88 Å². The van der Waals surface area contributed by atoms with Gasteiger partial charge in [0.1, 0.15) is 11.9 Å². The van der Waals surface area contributed by atoms with Crippen LogP contribution < -0.4 is 4.74 Å². The van der Waals surface area contributed by atoms with Gasteiger partial charge >= 0.3 is 0 Å². The van der Waals surface area contributed by atoms with E-state index in [-0.39, 0.29) is 11.9 Å². The molecule has 0 amide bonds. The third kappa shape index (κ3) is 2.89. The second-order valence-corrected chi connectivity index (χ2v) is 4.67. The minimum absolute atomic E-state index is 0.0479. The Labute approximate surface area is 111 Å². The Morgan fingerprint density at radius 1 is 1.16 bits per heavy atom. The summed E-state index contributed by atoms with van der Waals surface area (Å²) in [5.74, 6) is 0.740. The molecule has 4 heteroatoms. The van der Waals surface area contributed by atoms with Crippen molar-refractivity contribution in [2.45, 2.75) is 24.9 Å². The highest BCUT2D eigenvalue weighted by Crippen LogP contribution is 2.35. The highest BCUT2D eigenvalue weighted by molar-refractivity contribution is 5.23. The van der Waals surface area contributed by atoms with Crippen LogP contribution in [-0.4, -0.2) is 16.3 Å². The van der Waals surface area contributed by atoms with E-state index in [0.29, 0.717) is 11.8 Å². The fourth-order valence-electron chi connectivity index (χ4n) is 2.40. The van der Waals surface area contributed by atoms with E-state index in [1.807, 2.05) is 12.1 Å². The van der Waals surface area contributed by atoms with Crippen molar-refractivity contribution >= 4 is 0 Å². The molecule has 0 N–H and O–H groups in total. The summed E-state index contributed by atoms with van der Waals surface area (Å²) in [6, 6.07) is 10.3. The van der Waals surface area contributed by atoms with Gasteiger partial charge < -0.3 is 4.74 Å². The Morgan fingerprint density at radius 3 is 2.74 bits per heavy atom. The number of rotatable bonds is 3. The van der Waals surface area contributed by atoms with Gasteiger partial charge in [-0.1, -0.05) is 12.1 Å². The maximum absolute atomic E-state index is 12.9. The van der Waals surface area contributed by atoms with Crippen molar-refractivity contribution in [1.29, 1.82) is 0 Å². The maximum Gasteiger partial charge on any atom is 0.233 e. The topological polar surface area (TPSA) is 35.0 Å². The smallest absolute Gasteiger partial charge is 0.233 e. The van der Waals surface area contributed by atoms with Gasteiger partial charge in [-0.05, 0) is 42.5 Å². The Hall–Kier alpha value is -1.97. The molecule has 1 aliphatic rings. The van der Waals surface area contributed by atoms with E-state index >= 15 is 0 Å². The lowest BCUT2D eigenvalue weighted by Crippen LogP contribution is -2.13. The fourth-order valence-corrected chi connectivity index (χ4v) is 2.40. The van der Waals surface area contributed by atoms with Crippen LogP contribution in [0, 0.1) is 12.2 Å². The van der Waals surface area contributed by atoms with E-state index < -0.39 is 0 Å². The largest absolute Gasteiger partial charge is 0.473 e. The maximum atomic E-state index is 12.9. The van der Waals surface area contributed by atoms with Crippen molar-refractivity contribution in [3.05, 3.63) is 60.4 Å². The van der Waals surface area contributed by atoms with Crippen molar-refractivity contribution in [2.75, 3.05) is 0 Å². The van der Waals surface area contributed by atoms with E-state index in [0.717, 1.165) is 18.4 Å². The van der Waals surface area contributed by atoms with E-state index in [2.05, 4.69) is 16.6 Å². The molecule has 1 radical (unpaired) electrons. The van der Waals surface area contributed by atoms with Gasteiger partial charge in [0.05, 0.1) is 0 Å². The lowest BCUT2D eigenvalue weighted by Gasteiger charge is -2.13. The summed E-state index contributed by atoms with van der Waals surface area (Å²) in [5, 5.41) is 7.69. The molecule has 1 heterocycles. The molecule has 2 unspecified atom stereocenters. The van der Waals surface area contributed by atoms with Crippen molar-refractivity contribution in [1.82, 2.24) is 10.2 Å². The van der Waals surface area contributed by atoms with Crippen LogP contribution in [0.4, 0.5) is 4.39 Å². The Kier molecular flexibility index (Phi) is 3.40. The first-order valence-electron chi connectivity index (χ1n) is 6.34. The molecule has 1 aromatic heterocycles. The van der Waals surface area contributed by atoms with Gasteiger partial charge in [0.15, 0.2) is 0 Å². The van der Waals surface area contributed by atoms with Gasteiger partial charge in [-0.15, -0.1) is 5.10 Å². The van der Waals surface area contributed by atoms with E-state index in [1.165, 1.54) is 12.1 Å². The number of hydrogen-bond acceptors (Lipinski definition) is 3. The molecular weight excluding hydrogens is 243 g/mol. The second-order valence-electron chi connectivity index (χ2n) is 4.67. The molecule has 0 saturated heterocycles. The Bertz CT molecular complexity index is 530. The number of aromatic nitrogens is 2. The fraction of sp³-hybridized carbons (Fsp3) is 0.267. The lowest BCUT2D eigenvalue weighted by molar-refractivity contribution is 0.226. The van der Waals surface area contributed by atoms with Crippen molar-refractivity contribution in [2.24, 2.45) is 0 Å². The summed E-state index contributed by atoms with van der Waals surface area (Å²) in [6.07, 6.45) is 5.64. The van der Waals surface area contributed by atoms with Crippen molar-refractivity contribution in [3.63, 3.8) is 0 Å². The van der Waals surface area contributed by atoms with Crippen LogP contribution in [0.15, 0.2) is 42.6 Å². The molecule has 0 bridgehead atoms. The van der Waals surface area contributed by atoms with Crippen LogP contribution in [0.25, 0.3) is 0 Å². The van der Waals surface area contributed by atoms with E-state index in [9.17, 15) is 4.39 Å². The highest BCUT2D eigenvalue weighted by Gasteiger charge is 2.27. The Morgan fingerprint density at radius 2 is 2.00 bits per heavy atom. The monoisotopic (exact) mass is 257 g/mol. The molecule has 1 aliphatic carbocycles. The van der Waals surface area contributed by atoms with Gasteiger partial charge in [-0.25, -0.2) is 4.39 Å². The first-order chi connectivity index (χ1) is 9.31. The summed E-state index contributed by atoms with van der Waals surface area (Å²) < 4.78 is 18.6. The number of ether oxygens (including phenoxy) is 1. The summed E-state index contributed by atoms with van der Waals surface area (Å²) in [4.78, 5) is 0. The molecule has 3 rings (SSSR count). The molecule has 0 spiro atoms. The summed E-state index contributed by atoms with van der Waals surface area (Å²) in [6.45, 7) is 0. The van der Waals surface area contributed by atoms with Crippen LogP contribution in [0.3, 0.4) is 0 Å². The molecule has 1 saturated carbocycles. The minimum atomic E-state index is -0.196. The third-order valence-corrected chi connectivity index (χ3v) is 3.36. The summed E-state index contributed by atoms with van der Waals surface area (Å²) in [5.41, 5.74) is 1.16. The standard InChI is InChI=1S/C15H14FN2O/c16-13-6-3-11(4-7-13)12-5-8-14(10-12)19-15-2-1-9-17-18-15/h1-4,6-9,12,14H,5,10H2. The molecule has 1 fully saturated rings. The molecule has 2 atom stereocenters. The Balaban J connectivity index is 1.62. The van der Waals surface area contributed by atoms with Crippen molar-refractivity contribution < 1.29 is 9.13 Å². The van der Waals surface area contributed by atoms with Crippen LogP contribution >= 0.6 is 0 Å². The zero-order valence-electron chi connectivity index (χ0n) is 10.4. The predicted octanol–water partition coefficient (Wildman–Crippen LogP) is 3.14. The molecule has 3 nitrogen and oxygen atoms in total. The SMILES string of the molecule is Fc1ccc(C2C[CH]C(Oc3cccnn3)C2)cc1. The summed E-state index contributed by atoms with van der Waals surface area (Å²) in [7, 11) is 0. The molecule has 0 aliphatic heterocycles. The van der Waals surface area contributed by atoms with E-state index in [4.69, 9.17) is 4.74 Å². The molecule has 97 valence electrons. The molecule has 2 aromatic rings. The van der Waals surface area contributed by atoms with Gasteiger partial charge in [0.2, 0.25) is 5.88 Å². The zero-order chi connectivity index (χ0) is 13.1. The first kappa shape index (κ1) is 12.1.